The molecule has 3 atom stereocenters. The molecule has 0 heterocycles. The lowest BCUT2D eigenvalue weighted by atomic mass is 9.84. The van der Waals surface area contributed by atoms with Gasteiger partial charge in [0, 0.05) is 12.1 Å². The molecule has 1 aliphatic rings. The molecule has 1 fully saturated rings. The number of carboxylic acids is 1. The van der Waals surface area contributed by atoms with Crippen LogP contribution in [-0.4, -0.2) is 35.1 Å². The van der Waals surface area contributed by atoms with E-state index in [4.69, 9.17) is 5.11 Å². The Kier molecular flexibility index (Phi) is 5.26. The van der Waals surface area contributed by atoms with Crippen molar-refractivity contribution in [2.45, 2.75) is 64.5 Å². The van der Waals surface area contributed by atoms with Crippen molar-refractivity contribution in [1.82, 2.24) is 4.90 Å². The average Bonchev–Trinajstić information content (AvgIpc) is 2.25. The van der Waals surface area contributed by atoms with Crippen LogP contribution in [0.3, 0.4) is 0 Å². The van der Waals surface area contributed by atoms with Gasteiger partial charge >= 0.3 is 5.97 Å². The van der Waals surface area contributed by atoms with E-state index >= 15 is 0 Å². The Balaban J connectivity index is 2.58. The van der Waals surface area contributed by atoms with Gasteiger partial charge in [-0.2, -0.15) is 0 Å². The summed E-state index contributed by atoms with van der Waals surface area (Å²) >= 11 is 0. The Morgan fingerprint density at radius 2 is 2.06 bits per heavy atom. The first kappa shape index (κ1) is 13.5. The summed E-state index contributed by atoms with van der Waals surface area (Å²) in [7, 11) is 2.10. The first-order valence-electron chi connectivity index (χ1n) is 6.50. The molecule has 0 saturated heterocycles. The maximum absolute atomic E-state index is 10.8. The molecule has 0 spiro atoms. The van der Waals surface area contributed by atoms with Gasteiger partial charge in [-0.25, -0.2) is 0 Å². The molecule has 1 saturated carbocycles. The first-order valence-corrected chi connectivity index (χ1v) is 6.50. The van der Waals surface area contributed by atoms with Gasteiger partial charge in [0.25, 0.3) is 0 Å². The van der Waals surface area contributed by atoms with E-state index in [1.54, 1.807) is 0 Å². The average molecular weight is 227 g/mol. The number of hydrogen-bond donors (Lipinski definition) is 1. The Morgan fingerprint density at radius 3 is 2.56 bits per heavy atom. The van der Waals surface area contributed by atoms with Gasteiger partial charge < -0.3 is 5.11 Å². The minimum Gasteiger partial charge on any atom is -0.481 e. The third kappa shape index (κ3) is 3.48. The van der Waals surface area contributed by atoms with Crippen molar-refractivity contribution >= 4 is 5.97 Å². The summed E-state index contributed by atoms with van der Waals surface area (Å²) in [6, 6.07) is 0.779. The van der Waals surface area contributed by atoms with Gasteiger partial charge in [-0.15, -0.1) is 0 Å². The summed E-state index contributed by atoms with van der Waals surface area (Å²) in [6.45, 7) is 4.38. The highest BCUT2D eigenvalue weighted by atomic mass is 16.4. The van der Waals surface area contributed by atoms with Gasteiger partial charge in [-0.3, -0.25) is 9.69 Å². The smallest absolute Gasteiger partial charge is 0.304 e. The van der Waals surface area contributed by atoms with Gasteiger partial charge in [-0.05, 0) is 32.2 Å². The second-order valence-electron chi connectivity index (χ2n) is 5.15. The van der Waals surface area contributed by atoms with Crippen LogP contribution in [0.4, 0.5) is 0 Å². The van der Waals surface area contributed by atoms with E-state index in [0.717, 1.165) is 6.42 Å². The molecule has 0 aliphatic heterocycles. The van der Waals surface area contributed by atoms with E-state index in [1.165, 1.54) is 25.7 Å². The molecule has 16 heavy (non-hydrogen) atoms. The van der Waals surface area contributed by atoms with Crippen LogP contribution < -0.4 is 0 Å². The lowest BCUT2D eigenvalue weighted by molar-refractivity contribution is -0.138. The molecule has 0 amide bonds. The molecule has 3 unspecified atom stereocenters. The predicted octanol–water partition coefficient (Wildman–Crippen LogP) is 2.75. The maximum atomic E-state index is 10.8. The molecular weight excluding hydrogens is 202 g/mol. The molecule has 1 rings (SSSR count). The molecule has 0 aromatic carbocycles. The Bertz CT molecular complexity index is 230. The zero-order chi connectivity index (χ0) is 12.1. The van der Waals surface area contributed by atoms with Crippen LogP contribution in [0.2, 0.25) is 0 Å². The van der Waals surface area contributed by atoms with Crippen LogP contribution in [0.5, 0.6) is 0 Å². The van der Waals surface area contributed by atoms with Crippen LogP contribution in [0.25, 0.3) is 0 Å². The number of aliphatic carboxylic acids is 1. The van der Waals surface area contributed by atoms with Crippen LogP contribution >= 0.6 is 0 Å². The summed E-state index contributed by atoms with van der Waals surface area (Å²) in [5.41, 5.74) is 0. The van der Waals surface area contributed by atoms with E-state index in [2.05, 4.69) is 25.8 Å². The minimum absolute atomic E-state index is 0.197. The molecule has 1 aliphatic carbocycles. The van der Waals surface area contributed by atoms with E-state index < -0.39 is 5.97 Å². The number of rotatable bonds is 5. The van der Waals surface area contributed by atoms with Gasteiger partial charge in [0.2, 0.25) is 0 Å². The second kappa shape index (κ2) is 6.24. The second-order valence-corrected chi connectivity index (χ2v) is 5.15. The quantitative estimate of drug-likeness (QED) is 0.785. The number of hydrogen-bond acceptors (Lipinski definition) is 2. The third-order valence-corrected chi connectivity index (χ3v) is 4.05. The van der Waals surface area contributed by atoms with Crippen LogP contribution in [0.1, 0.15) is 52.4 Å². The van der Waals surface area contributed by atoms with Gasteiger partial charge in [0.1, 0.15) is 0 Å². The van der Waals surface area contributed by atoms with E-state index in [9.17, 15) is 4.79 Å². The molecule has 94 valence electrons. The highest BCUT2D eigenvalue weighted by Gasteiger charge is 2.29. The molecule has 0 aromatic rings. The molecule has 0 bridgehead atoms. The fourth-order valence-electron chi connectivity index (χ4n) is 2.95. The van der Waals surface area contributed by atoms with E-state index in [-0.39, 0.29) is 12.5 Å². The molecule has 0 radical (unpaired) electrons. The Hall–Kier alpha value is -0.570. The highest BCUT2D eigenvalue weighted by molar-refractivity contribution is 5.67. The SMILES string of the molecule is CCC(CC(=O)O)N(C)C1CCCCC1C. The van der Waals surface area contributed by atoms with Crippen molar-refractivity contribution in [2.24, 2.45) is 5.92 Å². The standard InChI is InChI=1S/C13H25NO2/c1-4-11(9-13(15)16)14(3)12-8-6-5-7-10(12)2/h10-12H,4-9H2,1-3H3,(H,15,16). The monoisotopic (exact) mass is 227 g/mol. The van der Waals surface area contributed by atoms with Crippen molar-refractivity contribution in [1.29, 1.82) is 0 Å². The van der Waals surface area contributed by atoms with Crippen molar-refractivity contribution < 1.29 is 9.90 Å². The van der Waals surface area contributed by atoms with Gasteiger partial charge in [0.15, 0.2) is 0 Å². The van der Waals surface area contributed by atoms with Crippen molar-refractivity contribution in [3.8, 4) is 0 Å². The van der Waals surface area contributed by atoms with Crippen molar-refractivity contribution in [3.05, 3.63) is 0 Å². The summed E-state index contributed by atoms with van der Waals surface area (Å²) in [4.78, 5) is 13.1. The minimum atomic E-state index is -0.679. The van der Waals surface area contributed by atoms with Crippen LogP contribution in [0.15, 0.2) is 0 Å². The van der Waals surface area contributed by atoms with Crippen molar-refractivity contribution in [2.75, 3.05) is 7.05 Å². The maximum Gasteiger partial charge on any atom is 0.304 e. The fraction of sp³-hybridized carbons (Fsp3) is 0.923. The van der Waals surface area contributed by atoms with E-state index in [1.807, 2.05) is 0 Å². The van der Waals surface area contributed by atoms with Crippen LogP contribution in [-0.2, 0) is 4.79 Å². The first-order chi connectivity index (χ1) is 7.56. The number of carbonyl (C=O) groups is 1. The van der Waals surface area contributed by atoms with Gasteiger partial charge in [0.05, 0.1) is 6.42 Å². The van der Waals surface area contributed by atoms with E-state index in [0.29, 0.717) is 12.0 Å². The largest absolute Gasteiger partial charge is 0.481 e. The third-order valence-electron chi connectivity index (χ3n) is 4.05. The lowest BCUT2D eigenvalue weighted by Gasteiger charge is -2.40. The highest BCUT2D eigenvalue weighted by Crippen LogP contribution is 2.29. The molecule has 3 nitrogen and oxygen atoms in total. The number of carboxylic acid groups (broad SMARTS) is 1. The topological polar surface area (TPSA) is 40.5 Å². The summed E-state index contributed by atoms with van der Waals surface area (Å²) in [5.74, 6) is 0.0313. The number of nitrogens with zero attached hydrogens (tertiary/aromatic N) is 1. The van der Waals surface area contributed by atoms with Gasteiger partial charge in [-0.1, -0.05) is 26.7 Å². The zero-order valence-corrected chi connectivity index (χ0v) is 10.8. The molecule has 0 aromatic heterocycles. The fourth-order valence-corrected chi connectivity index (χ4v) is 2.95. The molecule has 1 N–H and O–H groups in total. The summed E-state index contributed by atoms with van der Waals surface area (Å²) in [5, 5.41) is 8.90. The molecule has 3 heteroatoms. The zero-order valence-electron chi connectivity index (χ0n) is 10.8. The Morgan fingerprint density at radius 1 is 1.44 bits per heavy atom. The normalized spacial score (nSPS) is 28.0. The summed E-state index contributed by atoms with van der Waals surface area (Å²) in [6.07, 6.45) is 6.35. The lowest BCUT2D eigenvalue weighted by Crippen LogP contribution is -2.45. The van der Waals surface area contributed by atoms with Crippen molar-refractivity contribution in [3.63, 3.8) is 0 Å². The predicted molar refractivity (Wildman–Crippen MR) is 65.5 cm³/mol. The van der Waals surface area contributed by atoms with Crippen LogP contribution in [0, 0.1) is 5.92 Å². The Labute approximate surface area is 98.8 Å². The molecular formula is C13H25NO2. The summed E-state index contributed by atoms with van der Waals surface area (Å²) < 4.78 is 0.